The van der Waals surface area contributed by atoms with Gasteiger partial charge < -0.3 is 5.32 Å². The number of pyridine rings is 1. The van der Waals surface area contributed by atoms with Gasteiger partial charge in [0.25, 0.3) is 18.3 Å². The lowest BCUT2D eigenvalue weighted by atomic mass is 9.94. The molecule has 2 fully saturated rings. The summed E-state index contributed by atoms with van der Waals surface area (Å²) in [5, 5.41) is 12.4. The summed E-state index contributed by atoms with van der Waals surface area (Å²) in [5.74, 6) is -9.88. The highest BCUT2D eigenvalue weighted by molar-refractivity contribution is 7.90. The molecule has 11 nitrogen and oxygen atoms in total. The molecule has 2 amide bonds. The van der Waals surface area contributed by atoms with E-state index in [0.29, 0.717) is 41.9 Å². The van der Waals surface area contributed by atoms with Crippen molar-refractivity contribution in [1.29, 1.82) is 0 Å². The zero-order chi connectivity index (χ0) is 39.8. The number of amides is 2. The van der Waals surface area contributed by atoms with E-state index in [9.17, 15) is 35.6 Å². The maximum absolute atomic E-state index is 15.5. The molecule has 0 spiro atoms. The number of sulfonamides is 1. The molecule has 19 heteroatoms. The number of fused-ring (bicyclic) bond motifs is 4. The molecular formula is C37H32ClF6N7O4S. The minimum atomic E-state index is -4.03. The van der Waals surface area contributed by atoms with Crippen molar-refractivity contribution >= 4 is 44.5 Å². The number of carbonyl (C=O) groups excluding carboxylic acids is 2. The average molecular weight is 820 g/mol. The van der Waals surface area contributed by atoms with Gasteiger partial charge in [0.1, 0.15) is 35.1 Å². The fraction of sp³-hybridized carbons (Fsp3) is 0.378. The molecule has 3 N–H and O–H groups in total. The zero-order valence-electron chi connectivity index (χ0n) is 29.3. The van der Waals surface area contributed by atoms with Crippen molar-refractivity contribution in [3.63, 3.8) is 0 Å². The molecule has 8 rings (SSSR count). The van der Waals surface area contributed by atoms with Crippen molar-refractivity contribution in [2.45, 2.75) is 75.1 Å². The molecule has 4 atom stereocenters. The van der Waals surface area contributed by atoms with Crippen molar-refractivity contribution in [2.75, 3.05) is 0 Å². The highest BCUT2D eigenvalue weighted by Gasteiger charge is 2.71. The molecule has 3 aliphatic rings. The van der Waals surface area contributed by atoms with Gasteiger partial charge >= 0.3 is 0 Å². The van der Waals surface area contributed by atoms with Crippen LogP contribution in [0.15, 0.2) is 48.7 Å². The maximum Gasteiger partial charge on any atom is 0.293 e. The van der Waals surface area contributed by atoms with Crippen molar-refractivity contribution in [3.05, 3.63) is 99.1 Å². The van der Waals surface area contributed by atoms with Gasteiger partial charge in [-0.15, -0.1) is 0 Å². The highest BCUT2D eigenvalue weighted by atomic mass is 35.5. The predicted molar refractivity (Wildman–Crippen MR) is 190 cm³/mol. The van der Waals surface area contributed by atoms with E-state index >= 15 is 8.78 Å². The van der Waals surface area contributed by atoms with Crippen molar-refractivity contribution in [1.82, 2.24) is 35.0 Å². The molecule has 2 aromatic carbocycles. The summed E-state index contributed by atoms with van der Waals surface area (Å²) in [6.45, 7) is 0.637. The second-order valence-electron chi connectivity index (χ2n) is 14.5. The standard InChI is InChI=1S/C37H32ClF6N7O4S/c1-16-29-30-33(35(41)42)49-51(34(30)37(43,44)31(16)29)15-28(52)46-26(10-17-8-19(39)12-20(40)9-17)32-22(13-25-27(47-32)14-45-48-25)18-6-7-24(38)23(11-18)36(53)50-56(54,55)21-4-2-3-5-21/h6-9,11-14,16,21,26,29,31,35H,2-5,10,15H2,1H3,(H,45,48)(H,46,52)(H,50,53)/t16?,26-,29?,31?/m0/s1. The predicted octanol–water partition coefficient (Wildman–Crippen LogP) is 7.25. The molecule has 0 radical (unpaired) electrons. The van der Waals surface area contributed by atoms with E-state index in [1.807, 2.05) is 0 Å². The largest absolute Gasteiger partial charge is 0.346 e. The summed E-state index contributed by atoms with van der Waals surface area (Å²) < 4.78 is 117. The summed E-state index contributed by atoms with van der Waals surface area (Å²) >= 11 is 6.41. The minimum Gasteiger partial charge on any atom is -0.346 e. The van der Waals surface area contributed by atoms with Crippen LogP contribution in [0.25, 0.3) is 22.2 Å². The van der Waals surface area contributed by atoms with Crippen LogP contribution in [0.3, 0.4) is 0 Å². The number of aromatic nitrogens is 5. The van der Waals surface area contributed by atoms with Gasteiger partial charge in [-0.25, -0.2) is 35.7 Å². The lowest BCUT2D eigenvalue weighted by molar-refractivity contribution is -0.123. The molecule has 0 bridgehead atoms. The fourth-order valence-electron chi connectivity index (χ4n) is 8.35. The quantitative estimate of drug-likeness (QED) is 0.119. The van der Waals surface area contributed by atoms with Crippen LogP contribution in [0, 0.1) is 23.5 Å². The number of carbonyl (C=O) groups is 2. The zero-order valence-corrected chi connectivity index (χ0v) is 30.9. The van der Waals surface area contributed by atoms with Gasteiger partial charge in [0, 0.05) is 29.0 Å². The Labute approximate surface area is 320 Å². The fourth-order valence-corrected chi connectivity index (χ4v) is 10.0. The first-order valence-corrected chi connectivity index (χ1v) is 19.7. The molecule has 0 aliphatic heterocycles. The normalized spacial score (nSPS) is 20.6. The van der Waals surface area contributed by atoms with E-state index in [1.165, 1.54) is 24.4 Å². The molecular weight excluding hydrogens is 788 g/mol. The molecule has 2 saturated carbocycles. The molecule has 3 heterocycles. The van der Waals surface area contributed by atoms with E-state index in [4.69, 9.17) is 11.6 Å². The SMILES string of the molecule is CC1C2c3c(C(F)F)nn(CC(=O)N[C@@H](Cc4cc(F)cc(F)c4)c4nc5cn[nH]c5cc4-c4ccc(Cl)c(C(=O)NS(=O)(=O)C5CCCC5)c4)c3C(F)(F)C12. The van der Waals surface area contributed by atoms with Crippen LogP contribution in [0.1, 0.15) is 89.6 Å². The number of H-pyrrole nitrogens is 1. The first-order valence-electron chi connectivity index (χ1n) is 17.7. The van der Waals surface area contributed by atoms with Crippen LogP contribution in [-0.2, 0) is 33.7 Å². The summed E-state index contributed by atoms with van der Waals surface area (Å²) in [6.07, 6.45) is 0.0829. The third-order valence-corrected chi connectivity index (χ3v) is 13.1. The Bertz CT molecular complexity index is 2500. The Hall–Kier alpha value is -4.97. The first kappa shape index (κ1) is 37.9. The number of hydrogen-bond acceptors (Lipinski definition) is 7. The molecule has 0 saturated heterocycles. The molecule has 3 aromatic heterocycles. The summed E-state index contributed by atoms with van der Waals surface area (Å²) in [6, 6.07) is 7.17. The molecule has 294 valence electrons. The lowest BCUT2D eigenvalue weighted by Crippen LogP contribution is -2.37. The summed E-state index contributed by atoms with van der Waals surface area (Å²) in [7, 11) is -4.03. The van der Waals surface area contributed by atoms with Gasteiger partial charge in [0.15, 0.2) is 0 Å². The Morgan fingerprint density at radius 2 is 1.77 bits per heavy atom. The molecule has 3 unspecified atom stereocenters. The van der Waals surface area contributed by atoms with E-state index < -0.39 is 92.8 Å². The van der Waals surface area contributed by atoms with Crippen molar-refractivity contribution in [3.8, 4) is 11.1 Å². The summed E-state index contributed by atoms with van der Waals surface area (Å²) in [4.78, 5) is 31.9. The van der Waals surface area contributed by atoms with Gasteiger partial charge in [-0.05, 0) is 66.6 Å². The Balaban J connectivity index is 1.18. The monoisotopic (exact) mass is 819 g/mol. The maximum atomic E-state index is 15.5. The molecule has 56 heavy (non-hydrogen) atoms. The Kier molecular flexibility index (Phi) is 9.41. The average Bonchev–Trinajstić information content (AvgIpc) is 3.66. The Morgan fingerprint density at radius 1 is 1.05 bits per heavy atom. The number of halogens is 7. The number of nitrogens with one attached hydrogen (secondary N) is 3. The van der Waals surface area contributed by atoms with Gasteiger partial charge in [-0.1, -0.05) is 37.4 Å². The van der Waals surface area contributed by atoms with Crippen molar-refractivity contribution < 1.29 is 44.3 Å². The minimum absolute atomic E-state index is 0.0571. The van der Waals surface area contributed by atoms with Crippen LogP contribution < -0.4 is 10.0 Å². The van der Waals surface area contributed by atoms with Crippen LogP contribution in [-0.4, -0.2) is 50.4 Å². The second kappa shape index (κ2) is 13.9. The van der Waals surface area contributed by atoms with Crippen LogP contribution in [0.4, 0.5) is 26.3 Å². The van der Waals surface area contributed by atoms with Crippen LogP contribution in [0.5, 0.6) is 0 Å². The molecule has 3 aliphatic carbocycles. The summed E-state index contributed by atoms with van der Waals surface area (Å²) in [5.41, 5.74) is -0.760. The van der Waals surface area contributed by atoms with Crippen LogP contribution >= 0.6 is 11.6 Å². The van der Waals surface area contributed by atoms with E-state index in [0.717, 1.165) is 12.1 Å². The van der Waals surface area contributed by atoms with Gasteiger partial charge in [-0.2, -0.15) is 19.0 Å². The van der Waals surface area contributed by atoms with Crippen LogP contribution in [0.2, 0.25) is 5.02 Å². The van der Waals surface area contributed by atoms with E-state index in [1.54, 1.807) is 13.0 Å². The van der Waals surface area contributed by atoms with Crippen molar-refractivity contribution in [2.24, 2.45) is 11.8 Å². The van der Waals surface area contributed by atoms with Gasteiger partial charge in [0.05, 0.1) is 39.3 Å². The van der Waals surface area contributed by atoms with Gasteiger partial charge in [0.2, 0.25) is 15.9 Å². The number of benzene rings is 2. The lowest BCUT2D eigenvalue weighted by Gasteiger charge is -2.23. The topological polar surface area (TPSA) is 152 Å². The third-order valence-electron chi connectivity index (χ3n) is 10.9. The number of rotatable bonds is 11. The second-order valence-corrected chi connectivity index (χ2v) is 16.9. The first-order chi connectivity index (χ1) is 26.5. The number of alkyl halides is 4. The number of nitrogens with zero attached hydrogens (tertiary/aromatic N) is 4. The Morgan fingerprint density at radius 3 is 2.46 bits per heavy atom. The third kappa shape index (κ3) is 6.69. The van der Waals surface area contributed by atoms with E-state index in [2.05, 4.69) is 30.3 Å². The number of hydrogen-bond donors (Lipinski definition) is 3. The smallest absolute Gasteiger partial charge is 0.293 e. The number of aromatic amines is 1. The van der Waals surface area contributed by atoms with Gasteiger partial charge in [-0.3, -0.25) is 19.4 Å². The molecule has 5 aromatic rings. The highest BCUT2D eigenvalue weighted by Crippen LogP contribution is 2.71. The van der Waals surface area contributed by atoms with E-state index in [-0.39, 0.29) is 50.5 Å².